The lowest BCUT2D eigenvalue weighted by atomic mass is 10.0. The van der Waals surface area contributed by atoms with E-state index in [1.807, 2.05) is 12.4 Å². The lowest BCUT2D eigenvalue weighted by Crippen LogP contribution is -2.56. The molecule has 0 bridgehead atoms. The molecular formula is C15H23N3. The van der Waals surface area contributed by atoms with Crippen LogP contribution in [0.25, 0.3) is 0 Å². The molecule has 3 heteroatoms. The van der Waals surface area contributed by atoms with E-state index in [0.29, 0.717) is 6.04 Å². The number of nitrogens with zero attached hydrogens (tertiary/aromatic N) is 3. The van der Waals surface area contributed by atoms with Crippen molar-refractivity contribution in [3.05, 3.63) is 24.0 Å². The van der Waals surface area contributed by atoms with Crippen molar-refractivity contribution in [2.75, 3.05) is 24.5 Å². The van der Waals surface area contributed by atoms with Gasteiger partial charge in [0.25, 0.3) is 0 Å². The molecule has 2 fully saturated rings. The van der Waals surface area contributed by atoms with Crippen LogP contribution < -0.4 is 4.90 Å². The van der Waals surface area contributed by atoms with E-state index in [0.717, 1.165) is 6.04 Å². The van der Waals surface area contributed by atoms with Gasteiger partial charge in [-0.05, 0) is 44.4 Å². The van der Waals surface area contributed by atoms with Gasteiger partial charge in [-0.1, -0.05) is 6.92 Å². The van der Waals surface area contributed by atoms with Gasteiger partial charge in [-0.25, -0.2) is 0 Å². The zero-order valence-corrected chi connectivity index (χ0v) is 11.5. The second-order valence-electron chi connectivity index (χ2n) is 5.67. The van der Waals surface area contributed by atoms with Crippen molar-refractivity contribution in [3.63, 3.8) is 0 Å². The smallest absolute Gasteiger partial charge is 0.0585 e. The average molecular weight is 245 g/mol. The average Bonchev–Trinajstić information content (AvgIpc) is 2.85. The van der Waals surface area contributed by atoms with E-state index in [9.17, 15) is 0 Å². The Morgan fingerprint density at radius 2 is 2.28 bits per heavy atom. The van der Waals surface area contributed by atoms with Crippen LogP contribution in [-0.4, -0.2) is 41.6 Å². The van der Waals surface area contributed by atoms with Gasteiger partial charge < -0.3 is 4.90 Å². The fraction of sp³-hybridized carbons (Fsp3) is 0.667. The molecular weight excluding hydrogens is 222 g/mol. The number of aryl methyl sites for hydroxylation is 1. The largest absolute Gasteiger partial charge is 0.364 e. The first kappa shape index (κ1) is 12.0. The number of fused-ring (bicyclic) bond motifs is 1. The van der Waals surface area contributed by atoms with Crippen LogP contribution in [0.2, 0.25) is 0 Å². The summed E-state index contributed by atoms with van der Waals surface area (Å²) in [5.74, 6) is 0. The van der Waals surface area contributed by atoms with Gasteiger partial charge in [0.15, 0.2) is 0 Å². The highest BCUT2D eigenvalue weighted by atomic mass is 15.3. The molecule has 2 aliphatic heterocycles. The molecule has 0 amide bonds. The quantitative estimate of drug-likeness (QED) is 0.798. The molecule has 2 saturated heterocycles. The van der Waals surface area contributed by atoms with Gasteiger partial charge in [-0.3, -0.25) is 9.88 Å². The van der Waals surface area contributed by atoms with E-state index in [-0.39, 0.29) is 0 Å². The minimum Gasteiger partial charge on any atom is -0.364 e. The summed E-state index contributed by atoms with van der Waals surface area (Å²) >= 11 is 0. The predicted molar refractivity (Wildman–Crippen MR) is 75.0 cm³/mol. The van der Waals surface area contributed by atoms with Gasteiger partial charge in [-0.15, -0.1) is 0 Å². The lowest BCUT2D eigenvalue weighted by molar-refractivity contribution is 0.194. The fourth-order valence-corrected chi connectivity index (χ4v) is 3.49. The number of rotatable bonds is 2. The van der Waals surface area contributed by atoms with Crippen molar-refractivity contribution in [1.29, 1.82) is 0 Å². The highest BCUT2D eigenvalue weighted by Gasteiger charge is 2.35. The third-order valence-electron chi connectivity index (χ3n) is 4.58. The third-order valence-corrected chi connectivity index (χ3v) is 4.58. The van der Waals surface area contributed by atoms with Crippen molar-refractivity contribution >= 4 is 5.69 Å². The molecule has 3 nitrogen and oxygen atoms in total. The molecule has 0 N–H and O–H groups in total. The molecule has 0 spiro atoms. The van der Waals surface area contributed by atoms with Crippen LogP contribution in [-0.2, 0) is 0 Å². The maximum atomic E-state index is 4.32. The lowest BCUT2D eigenvalue weighted by Gasteiger charge is -2.45. The van der Waals surface area contributed by atoms with E-state index in [1.54, 1.807) is 0 Å². The van der Waals surface area contributed by atoms with E-state index < -0.39 is 0 Å². The van der Waals surface area contributed by atoms with Crippen LogP contribution in [0.1, 0.15) is 31.7 Å². The van der Waals surface area contributed by atoms with E-state index in [1.165, 1.54) is 50.1 Å². The summed E-state index contributed by atoms with van der Waals surface area (Å²) in [5.41, 5.74) is 2.70. The summed E-state index contributed by atoms with van der Waals surface area (Å²) in [6.45, 7) is 8.23. The first-order chi connectivity index (χ1) is 8.79. The molecule has 0 aromatic carbocycles. The number of anilines is 1. The molecule has 1 aromatic rings. The highest BCUT2D eigenvalue weighted by Crippen LogP contribution is 2.30. The van der Waals surface area contributed by atoms with Crippen molar-refractivity contribution in [3.8, 4) is 0 Å². The molecule has 18 heavy (non-hydrogen) atoms. The van der Waals surface area contributed by atoms with E-state index in [2.05, 4.69) is 34.7 Å². The van der Waals surface area contributed by atoms with Gasteiger partial charge in [0.1, 0.15) is 0 Å². The molecule has 3 heterocycles. The minimum absolute atomic E-state index is 0.655. The molecule has 2 aliphatic rings. The standard InChI is InChI=1S/C15H23N3/c1-3-13-10-17-8-4-5-14(17)11-18(13)15-9-16-7-6-12(15)2/h6-7,9,13-14H,3-5,8,10-11H2,1-2H3. The molecule has 0 radical (unpaired) electrons. The van der Waals surface area contributed by atoms with Gasteiger partial charge in [0, 0.05) is 31.4 Å². The summed E-state index contributed by atoms with van der Waals surface area (Å²) in [5, 5.41) is 0. The van der Waals surface area contributed by atoms with Gasteiger partial charge >= 0.3 is 0 Å². The summed E-state index contributed by atoms with van der Waals surface area (Å²) in [6, 6.07) is 3.55. The SMILES string of the molecule is CCC1CN2CCCC2CN1c1cnccc1C. The van der Waals surface area contributed by atoms with Crippen LogP contribution in [0.3, 0.4) is 0 Å². The summed E-state index contributed by atoms with van der Waals surface area (Å²) < 4.78 is 0. The van der Waals surface area contributed by atoms with Crippen molar-refractivity contribution in [2.45, 2.75) is 45.2 Å². The third kappa shape index (κ3) is 2.01. The number of pyridine rings is 1. The van der Waals surface area contributed by atoms with Gasteiger partial charge in [-0.2, -0.15) is 0 Å². The second kappa shape index (κ2) is 4.88. The Hall–Kier alpha value is -1.09. The zero-order valence-electron chi connectivity index (χ0n) is 11.5. The maximum Gasteiger partial charge on any atom is 0.0585 e. The fourth-order valence-electron chi connectivity index (χ4n) is 3.49. The minimum atomic E-state index is 0.655. The van der Waals surface area contributed by atoms with Crippen LogP contribution in [0, 0.1) is 6.92 Å². The van der Waals surface area contributed by atoms with E-state index in [4.69, 9.17) is 0 Å². The Balaban J connectivity index is 1.87. The highest BCUT2D eigenvalue weighted by molar-refractivity contribution is 5.52. The van der Waals surface area contributed by atoms with Crippen molar-refractivity contribution in [2.24, 2.45) is 0 Å². The molecule has 0 aliphatic carbocycles. The summed E-state index contributed by atoms with van der Waals surface area (Å²) in [6.07, 6.45) is 7.90. The van der Waals surface area contributed by atoms with Crippen LogP contribution in [0.5, 0.6) is 0 Å². The van der Waals surface area contributed by atoms with Crippen LogP contribution in [0.15, 0.2) is 18.5 Å². The zero-order chi connectivity index (χ0) is 12.5. The Bertz CT molecular complexity index is 418. The molecule has 3 rings (SSSR count). The Kier molecular flexibility index (Phi) is 3.25. The topological polar surface area (TPSA) is 19.4 Å². The predicted octanol–water partition coefficient (Wildman–Crippen LogP) is 2.45. The van der Waals surface area contributed by atoms with Gasteiger partial charge in [0.05, 0.1) is 11.9 Å². The molecule has 2 atom stereocenters. The Labute approximate surface area is 110 Å². The molecule has 98 valence electrons. The van der Waals surface area contributed by atoms with Crippen molar-refractivity contribution < 1.29 is 0 Å². The van der Waals surface area contributed by atoms with Crippen LogP contribution in [0.4, 0.5) is 5.69 Å². The van der Waals surface area contributed by atoms with Crippen molar-refractivity contribution in [1.82, 2.24) is 9.88 Å². The van der Waals surface area contributed by atoms with Gasteiger partial charge in [0.2, 0.25) is 0 Å². The number of piperazine rings is 1. The Morgan fingerprint density at radius 3 is 3.06 bits per heavy atom. The number of hydrogen-bond donors (Lipinski definition) is 0. The Morgan fingerprint density at radius 1 is 1.39 bits per heavy atom. The normalized spacial score (nSPS) is 28.4. The molecule has 2 unspecified atom stereocenters. The monoisotopic (exact) mass is 245 g/mol. The first-order valence-corrected chi connectivity index (χ1v) is 7.21. The molecule has 1 aromatic heterocycles. The molecule has 0 saturated carbocycles. The number of hydrogen-bond acceptors (Lipinski definition) is 3. The maximum absolute atomic E-state index is 4.32. The first-order valence-electron chi connectivity index (χ1n) is 7.21. The van der Waals surface area contributed by atoms with E-state index >= 15 is 0 Å². The number of aromatic nitrogens is 1. The summed E-state index contributed by atoms with van der Waals surface area (Å²) in [4.78, 5) is 9.62. The van der Waals surface area contributed by atoms with Crippen LogP contribution >= 0.6 is 0 Å². The summed E-state index contributed by atoms with van der Waals surface area (Å²) in [7, 11) is 0. The second-order valence-corrected chi connectivity index (χ2v) is 5.67.